The fraction of sp³-hybridized carbons (Fsp3) is 0.200. The Bertz CT molecular complexity index is 1530. The van der Waals surface area contributed by atoms with E-state index in [1.807, 2.05) is 24.3 Å². The molecule has 41 heavy (non-hydrogen) atoms. The van der Waals surface area contributed by atoms with Crippen LogP contribution in [0.1, 0.15) is 10.6 Å². The quantitative estimate of drug-likeness (QED) is 0.237. The first-order valence-corrected chi connectivity index (χ1v) is 13.9. The van der Waals surface area contributed by atoms with Crippen LogP contribution < -0.4 is 15.8 Å². The maximum Gasteiger partial charge on any atom is 0.410 e. The molecule has 0 atom stereocenters. The van der Waals surface area contributed by atoms with Crippen molar-refractivity contribution in [1.29, 1.82) is 0 Å². The molecule has 10 nitrogen and oxygen atoms in total. The second-order valence-corrected chi connectivity index (χ2v) is 10.4. The minimum absolute atomic E-state index is 0.113. The summed E-state index contributed by atoms with van der Waals surface area (Å²) in [7, 11) is 0. The monoisotopic (exact) mass is 571 g/mol. The van der Waals surface area contributed by atoms with Crippen molar-refractivity contribution in [2.45, 2.75) is 6.61 Å². The number of piperazine rings is 1. The molecule has 0 aliphatic carbocycles. The Kier molecular flexibility index (Phi) is 8.75. The zero-order valence-electron chi connectivity index (χ0n) is 22.2. The van der Waals surface area contributed by atoms with Gasteiger partial charge in [-0.05, 0) is 48.0 Å². The van der Waals surface area contributed by atoms with Crippen LogP contribution in [0.2, 0.25) is 0 Å². The zero-order valence-corrected chi connectivity index (χ0v) is 23.0. The van der Waals surface area contributed by atoms with Crippen LogP contribution in [0.15, 0.2) is 78.9 Å². The largest absolute Gasteiger partial charge is 0.484 e. The van der Waals surface area contributed by atoms with E-state index in [1.54, 1.807) is 64.4 Å². The fourth-order valence-corrected chi connectivity index (χ4v) is 5.08. The van der Waals surface area contributed by atoms with Crippen molar-refractivity contribution in [2.24, 2.45) is 0 Å². The van der Waals surface area contributed by atoms with Crippen molar-refractivity contribution >= 4 is 56.9 Å². The van der Waals surface area contributed by atoms with Gasteiger partial charge in [0.15, 0.2) is 6.61 Å². The lowest BCUT2D eigenvalue weighted by molar-refractivity contribution is -0.135. The molecule has 0 bridgehead atoms. The predicted molar refractivity (Wildman–Crippen MR) is 158 cm³/mol. The van der Waals surface area contributed by atoms with Crippen LogP contribution >= 0.6 is 11.3 Å². The van der Waals surface area contributed by atoms with E-state index < -0.39 is 6.09 Å². The number of rotatable bonds is 8. The number of anilines is 2. The second-order valence-electron chi connectivity index (χ2n) is 9.27. The number of carbonyl (C=O) groups is 3. The van der Waals surface area contributed by atoms with E-state index in [0.29, 0.717) is 43.3 Å². The van der Waals surface area contributed by atoms with Crippen LogP contribution in [-0.4, -0.2) is 65.5 Å². The van der Waals surface area contributed by atoms with Gasteiger partial charge in [0.2, 0.25) is 5.91 Å². The minimum atomic E-state index is -0.413. The molecule has 0 radical (unpaired) electrons. The molecule has 210 valence electrons. The first kappa shape index (κ1) is 27.7. The molecule has 1 aliphatic heterocycles. The highest BCUT2D eigenvalue weighted by Crippen LogP contribution is 2.22. The maximum absolute atomic E-state index is 12.7. The summed E-state index contributed by atoms with van der Waals surface area (Å²) < 4.78 is 12.2. The Morgan fingerprint density at radius 3 is 2.39 bits per heavy atom. The number of nitrogens with two attached hydrogens (primary N) is 1. The summed E-state index contributed by atoms with van der Waals surface area (Å²) in [6.07, 6.45) is 2.68. The van der Waals surface area contributed by atoms with E-state index in [0.717, 1.165) is 20.8 Å². The van der Waals surface area contributed by atoms with Gasteiger partial charge in [0, 0.05) is 32.3 Å². The van der Waals surface area contributed by atoms with Gasteiger partial charge in [-0.3, -0.25) is 9.59 Å². The molecular weight excluding hydrogens is 542 g/mol. The molecule has 5 rings (SSSR count). The maximum atomic E-state index is 12.7. The lowest BCUT2D eigenvalue weighted by Gasteiger charge is -2.34. The summed E-state index contributed by atoms with van der Waals surface area (Å²) in [6.45, 7) is 1.58. The van der Waals surface area contributed by atoms with E-state index in [-0.39, 0.29) is 25.0 Å². The van der Waals surface area contributed by atoms with Crippen LogP contribution in [0.5, 0.6) is 5.75 Å². The van der Waals surface area contributed by atoms with E-state index >= 15 is 0 Å². The Balaban J connectivity index is 1.02. The van der Waals surface area contributed by atoms with Crippen LogP contribution in [0.4, 0.5) is 16.2 Å². The van der Waals surface area contributed by atoms with Crippen molar-refractivity contribution in [3.63, 3.8) is 0 Å². The van der Waals surface area contributed by atoms with Crippen molar-refractivity contribution in [3.05, 3.63) is 89.4 Å². The average Bonchev–Trinajstić information content (AvgIpc) is 3.42. The van der Waals surface area contributed by atoms with Crippen LogP contribution in [-0.2, 0) is 20.9 Å². The van der Waals surface area contributed by atoms with Gasteiger partial charge >= 0.3 is 6.09 Å². The smallest absolute Gasteiger partial charge is 0.410 e. The summed E-state index contributed by atoms with van der Waals surface area (Å²) in [5.74, 6) is 0.0813. The normalized spacial score (nSPS) is 13.4. The van der Waals surface area contributed by atoms with E-state index in [9.17, 15) is 14.4 Å². The minimum Gasteiger partial charge on any atom is -0.484 e. The lowest BCUT2D eigenvalue weighted by atomic mass is 10.2. The molecule has 1 aromatic heterocycles. The van der Waals surface area contributed by atoms with Gasteiger partial charge in [-0.25, -0.2) is 9.78 Å². The van der Waals surface area contributed by atoms with Gasteiger partial charge < -0.3 is 30.3 Å². The van der Waals surface area contributed by atoms with Gasteiger partial charge in [-0.1, -0.05) is 36.4 Å². The molecule has 11 heteroatoms. The number of hydrogen-bond acceptors (Lipinski definition) is 8. The number of amides is 3. The van der Waals surface area contributed by atoms with Gasteiger partial charge in [-0.2, -0.15) is 0 Å². The summed E-state index contributed by atoms with van der Waals surface area (Å²) >= 11 is 1.50. The van der Waals surface area contributed by atoms with Crippen molar-refractivity contribution < 1.29 is 23.9 Å². The highest BCUT2D eigenvalue weighted by Gasteiger charge is 2.25. The number of aromatic nitrogens is 1. The first-order chi connectivity index (χ1) is 19.9. The molecule has 3 aromatic carbocycles. The van der Waals surface area contributed by atoms with Gasteiger partial charge in [0.1, 0.15) is 17.4 Å². The molecule has 3 N–H and O–H groups in total. The summed E-state index contributed by atoms with van der Waals surface area (Å²) in [6, 6.07) is 21.9. The topological polar surface area (TPSA) is 127 Å². The molecule has 1 saturated heterocycles. The molecule has 4 aromatic rings. The second kappa shape index (κ2) is 13.0. The number of para-hydroxylation sites is 3. The van der Waals surface area contributed by atoms with Crippen LogP contribution in [0.25, 0.3) is 16.3 Å². The predicted octanol–water partition coefficient (Wildman–Crippen LogP) is 4.39. The van der Waals surface area contributed by atoms with Gasteiger partial charge in [0.25, 0.3) is 5.91 Å². The third kappa shape index (κ3) is 7.40. The number of ether oxygens (including phenoxy) is 2. The summed E-state index contributed by atoms with van der Waals surface area (Å²) in [5.41, 5.74) is 8.58. The number of nitrogens with zero attached hydrogens (tertiary/aromatic N) is 3. The molecule has 0 unspecified atom stereocenters. The SMILES string of the molecule is Nc1ccccc1NC(=O)/C=C/c1ccc(OCC(=O)N2CCN(C(=O)OCc3nc4ccccc4s3)CC2)cc1. The standard InChI is InChI=1S/C30H29N5O5S/c31-23-5-1-2-6-24(23)32-27(36)14-11-21-9-12-22(13-10-21)39-20-29(37)34-15-17-35(18-16-34)30(38)40-19-28-33-25-7-3-4-8-26(25)41-28/h1-14H,15-20,31H2,(H,32,36)/b14-11+. The number of hydrogen-bond donors (Lipinski definition) is 2. The zero-order chi connectivity index (χ0) is 28.6. The Labute approximate surface area is 241 Å². The molecule has 1 fully saturated rings. The summed E-state index contributed by atoms with van der Waals surface area (Å²) in [5, 5.41) is 3.48. The van der Waals surface area contributed by atoms with E-state index in [1.165, 1.54) is 17.4 Å². The Morgan fingerprint density at radius 1 is 0.927 bits per heavy atom. The Hall–Kier alpha value is -4.90. The number of fused-ring (bicyclic) bond motifs is 1. The number of carbonyl (C=O) groups excluding carboxylic acids is 3. The third-order valence-electron chi connectivity index (χ3n) is 6.44. The van der Waals surface area contributed by atoms with Crippen molar-refractivity contribution in [1.82, 2.24) is 14.8 Å². The average molecular weight is 572 g/mol. The molecule has 0 saturated carbocycles. The number of thiazole rings is 1. The fourth-order valence-electron chi connectivity index (χ4n) is 4.20. The Morgan fingerprint density at radius 2 is 1.63 bits per heavy atom. The molecule has 3 amide bonds. The van der Waals surface area contributed by atoms with Gasteiger partial charge in [0.05, 0.1) is 21.6 Å². The molecular formula is C30H29N5O5S. The number of nitrogens with one attached hydrogen (secondary N) is 1. The van der Waals surface area contributed by atoms with Crippen molar-refractivity contribution in [3.8, 4) is 5.75 Å². The molecule has 2 heterocycles. The molecule has 0 spiro atoms. The molecule has 1 aliphatic rings. The van der Waals surface area contributed by atoms with Gasteiger partial charge in [-0.15, -0.1) is 11.3 Å². The van der Waals surface area contributed by atoms with Crippen LogP contribution in [0.3, 0.4) is 0 Å². The summed E-state index contributed by atoms with van der Waals surface area (Å²) in [4.78, 5) is 45.1. The highest BCUT2D eigenvalue weighted by atomic mass is 32.1. The first-order valence-electron chi connectivity index (χ1n) is 13.0. The lowest BCUT2D eigenvalue weighted by Crippen LogP contribution is -2.51. The third-order valence-corrected chi connectivity index (χ3v) is 7.45. The van der Waals surface area contributed by atoms with Crippen molar-refractivity contribution in [2.75, 3.05) is 43.8 Å². The van der Waals surface area contributed by atoms with E-state index in [4.69, 9.17) is 15.2 Å². The van der Waals surface area contributed by atoms with E-state index in [2.05, 4.69) is 10.3 Å². The van der Waals surface area contributed by atoms with Crippen LogP contribution in [0, 0.1) is 0 Å². The number of benzene rings is 3. The number of nitrogen functional groups attached to an aromatic ring is 1. The highest BCUT2D eigenvalue weighted by molar-refractivity contribution is 7.18.